The number of nitrogens with one attached hydrogen (secondary N) is 1. The zero-order chi connectivity index (χ0) is 12.3. The molecule has 1 aliphatic rings. The molecule has 0 bridgehead atoms. The van der Waals surface area contributed by atoms with Gasteiger partial charge in [-0.2, -0.15) is 5.26 Å². The lowest BCUT2D eigenvalue weighted by molar-refractivity contribution is 0.253. The lowest BCUT2D eigenvalue weighted by atomic mass is 9.78. The van der Waals surface area contributed by atoms with Gasteiger partial charge in [0.2, 0.25) is 0 Å². The number of aromatic nitrogens is 1. The zero-order valence-electron chi connectivity index (χ0n) is 10.5. The van der Waals surface area contributed by atoms with E-state index in [2.05, 4.69) is 30.2 Å². The molecule has 3 nitrogen and oxygen atoms in total. The molecule has 2 rings (SSSR count). The molecule has 0 spiro atoms. The van der Waals surface area contributed by atoms with Crippen molar-refractivity contribution in [3.63, 3.8) is 0 Å². The van der Waals surface area contributed by atoms with Crippen molar-refractivity contribution >= 4 is 5.82 Å². The van der Waals surface area contributed by atoms with Crippen LogP contribution in [0.1, 0.15) is 38.7 Å². The molecule has 0 saturated heterocycles. The molecule has 1 aromatic rings. The third kappa shape index (κ3) is 2.58. The molecule has 1 fully saturated rings. The Bertz CT molecular complexity index is 422. The van der Waals surface area contributed by atoms with Gasteiger partial charge in [0.1, 0.15) is 11.9 Å². The van der Waals surface area contributed by atoms with Crippen LogP contribution in [0.15, 0.2) is 18.3 Å². The minimum Gasteiger partial charge on any atom is -0.366 e. The first-order chi connectivity index (χ1) is 8.22. The van der Waals surface area contributed by atoms with Crippen molar-refractivity contribution in [1.29, 1.82) is 5.26 Å². The number of hydrogen-bond donors (Lipinski definition) is 1. The molecular weight excluding hydrogens is 210 g/mol. The topological polar surface area (TPSA) is 48.7 Å². The average molecular weight is 229 g/mol. The van der Waals surface area contributed by atoms with E-state index in [-0.39, 0.29) is 0 Å². The highest BCUT2D eigenvalue weighted by molar-refractivity contribution is 5.51. The van der Waals surface area contributed by atoms with Crippen molar-refractivity contribution < 1.29 is 0 Å². The van der Waals surface area contributed by atoms with E-state index in [1.54, 1.807) is 12.3 Å². The first-order valence-corrected chi connectivity index (χ1v) is 6.34. The minimum absolute atomic E-state index is 0.445. The van der Waals surface area contributed by atoms with E-state index in [0.717, 1.165) is 11.7 Å². The molecule has 3 unspecified atom stereocenters. The molecule has 0 aromatic carbocycles. The minimum atomic E-state index is 0.445. The number of anilines is 1. The van der Waals surface area contributed by atoms with Gasteiger partial charge in [-0.05, 0) is 30.4 Å². The van der Waals surface area contributed by atoms with Crippen LogP contribution in [0.2, 0.25) is 0 Å². The van der Waals surface area contributed by atoms with Crippen molar-refractivity contribution in [1.82, 2.24) is 4.98 Å². The number of nitrogens with zero attached hydrogens (tertiary/aromatic N) is 2. The highest BCUT2D eigenvalue weighted by Crippen LogP contribution is 2.31. The van der Waals surface area contributed by atoms with Crippen molar-refractivity contribution in [3.05, 3.63) is 23.9 Å². The Hall–Kier alpha value is -1.56. The van der Waals surface area contributed by atoms with Gasteiger partial charge in [0, 0.05) is 12.2 Å². The fourth-order valence-electron chi connectivity index (χ4n) is 2.57. The van der Waals surface area contributed by atoms with Gasteiger partial charge in [0.15, 0.2) is 0 Å². The van der Waals surface area contributed by atoms with Gasteiger partial charge in [-0.15, -0.1) is 0 Å². The second-order valence-electron chi connectivity index (χ2n) is 5.03. The summed E-state index contributed by atoms with van der Waals surface area (Å²) in [6.07, 6.45) is 5.48. The Kier molecular flexibility index (Phi) is 3.63. The van der Waals surface area contributed by atoms with Crippen LogP contribution in [0.5, 0.6) is 0 Å². The molecule has 0 aliphatic heterocycles. The Balaban J connectivity index is 2.12. The SMILES string of the molecule is CC1CCCC(Nc2ncccc2C#N)C1C. The van der Waals surface area contributed by atoms with Gasteiger partial charge >= 0.3 is 0 Å². The molecular formula is C14H19N3. The summed E-state index contributed by atoms with van der Waals surface area (Å²) >= 11 is 0. The van der Waals surface area contributed by atoms with Crippen molar-refractivity contribution in [2.75, 3.05) is 5.32 Å². The quantitative estimate of drug-likeness (QED) is 0.847. The second kappa shape index (κ2) is 5.18. The second-order valence-corrected chi connectivity index (χ2v) is 5.03. The van der Waals surface area contributed by atoms with E-state index in [1.165, 1.54) is 19.3 Å². The largest absolute Gasteiger partial charge is 0.366 e. The van der Waals surface area contributed by atoms with E-state index in [9.17, 15) is 0 Å². The summed E-state index contributed by atoms with van der Waals surface area (Å²) in [6.45, 7) is 4.60. The van der Waals surface area contributed by atoms with E-state index in [0.29, 0.717) is 17.5 Å². The van der Waals surface area contributed by atoms with Crippen LogP contribution < -0.4 is 5.32 Å². The average Bonchev–Trinajstić information content (AvgIpc) is 2.35. The van der Waals surface area contributed by atoms with Crippen molar-refractivity contribution in [2.45, 2.75) is 39.2 Å². The van der Waals surface area contributed by atoms with Crippen LogP contribution >= 0.6 is 0 Å². The van der Waals surface area contributed by atoms with Crippen molar-refractivity contribution in [3.8, 4) is 6.07 Å². The van der Waals surface area contributed by atoms with Gasteiger partial charge < -0.3 is 5.32 Å². The monoisotopic (exact) mass is 229 g/mol. The Labute approximate surface area is 103 Å². The van der Waals surface area contributed by atoms with Crippen LogP contribution in [0.25, 0.3) is 0 Å². The maximum Gasteiger partial charge on any atom is 0.144 e. The number of nitriles is 1. The number of pyridine rings is 1. The van der Waals surface area contributed by atoms with Crippen LogP contribution in [0.4, 0.5) is 5.82 Å². The van der Waals surface area contributed by atoms with Crippen LogP contribution in [0.3, 0.4) is 0 Å². The Morgan fingerprint density at radius 2 is 2.24 bits per heavy atom. The molecule has 1 heterocycles. The predicted octanol–water partition coefficient (Wildman–Crippen LogP) is 3.19. The molecule has 90 valence electrons. The van der Waals surface area contributed by atoms with Gasteiger partial charge in [-0.3, -0.25) is 0 Å². The van der Waals surface area contributed by atoms with Crippen LogP contribution in [-0.4, -0.2) is 11.0 Å². The molecule has 3 atom stereocenters. The summed E-state index contributed by atoms with van der Waals surface area (Å²) in [6, 6.07) is 6.25. The number of hydrogen-bond acceptors (Lipinski definition) is 3. The first-order valence-electron chi connectivity index (χ1n) is 6.34. The predicted molar refractivity (Wildman–Crippen MR) is 68.5 cm³/mol. The fourth-order valence-corrected chi connectivity index (χ4v) is 2.57. The summed E-state index contributed by atoms with van der Waals surface area (Å²) in [5.41, 5.74) is 0.637. The smallest absolute Gasteiger partial charge is 0.144 e. The Morgan fingerprint density at radius 1 is 1.41 bits per heavy atom. The highest BCUT2D eigenvalue weighted by Gasteiger charge is 2.27. The summed E-state index contributed by atoms with van der Waals surface area (Å²) < 4.78 is 0. The molecule has 1 aliphatic carbocycles. The lowest BCUT2D eigenvalue weighted by Crippen LogP contribution is -2.35. The third-order valence-corrected chi connectivity index (χ3v) is 3.96. The molecule has 0 amide bonds. The van der Waals surface area contributed by atoms with E-state index >= 15 is 0 Å². The molecule has 17 heavy (non-hydrogen) atoms. The maximum absolute atomic E-state index is 9.04. The molecule has 1 aromatic heterocycles. The van der Waals surface area contributed by atoms with Gasteiger partial charge in [-0.25, -0.2) is 4.98 Å². The standard InChI is InChI=1S/C14H19N3/c1-10-5-3-7-13(11(10)2)17-14-12(9-15)6-4-8-16-14/h4,6,8,10-11,13H,3,5,7H2,1-2H3,(H,16,17). The van der Waals surface area contributed by atoms with E-state index < -0.39 is 0 Å². The van der Waals surface area contributed by atoms with Gasteiger partial charge in [-0.1, -0.05) is 26.7 Å². The van der Waals surface area contributed by atoms with E-state index in [1.807, 2.05) is 6.07 Å². The zero-order valence-corrected chi connectivity index (χ0v) is 10.5. The Morgan fingerprint density at radius 3 is 3.00 bits per heavy atom. The first kappa shape index (κ1) is 11.9. The maximum atomic E-state index is 9.04. The summed E-state index contributed by atoms with van der Waals surface area (Å²) in [4.78, 5) is 4.27. The summed E-state index contributed by atoms with van der Waals surface area (Å²) in [5.74, 6) is 2.12. The highest BCUT2D eigenvalue weighted by atomic mass is 15.0. The van der Waals surface area contributed by atoms with Crippen molar-refractivity contribution in [2.24, 2.45) is 11.8 Å². The molecule has 1 saturated carbocycles. The number of rotatable bonds is 2. The van der Waals surface area contributed by atoms with Crippen LogP contribution in [0, 0.1) is 23.2 Å². The molecule has 0 radical (unpaired) electrons. The van der Waals surface area contributed by atoms with E-state index in [4.69, 9.17) is 5.26 Å². The molecule has 3 heteroatoms. The van der Waals surface area contributed by atoms with Crippen LogP contribution in [-0.2, 0) is 0 Å². The third-order valence-electron chi connectivity index (χ3n) is 3.96. The van der Waals surface area contributed by atoms with Gasteiger partial charge in [0.25, 0.3) is 0 Å². The molecule has 1 N–H and O–H groups in total. The van der Waals surface area contributed by atoms with Gasteiger partial charge in [0.05, 0.1) is 5.56 Å². The summed E-state index contributed by atoms with van der Waals surface area (Å²) in [7, 11) is 0. The lowest BCUT2D eigenvalue weighted by Gasteiger charge is -2.35. The summed E-state index contributed by atoms with van der Waals surface area (Å²) in [5, 5.41) is 12.5. The normalized spacial score (nSPS) is 28.4. The fraction of sp³-hybridized carbons (Fsp3) is 0.571.